The van der Waals surface area contributed by atoms with Crippen LogP contribution in [0.4, 0.5) is 19.1 Å². The van der Waals surface area contributed by atoms with E-state index in [2.05, 4.69) is 20.3 Å². The molecule has 25 heavy (non-hydrogen) atoms. The van der Waals surface area contributed by atoms with Crippen molar-refractivity contribution in [2.24, 2.45) is 11.8 Å². The van der Waals surface area contributed by atoms with Crippen LogP contribution in [0.5, 0.6) is 0 Å². The number of benzene rings is 1. The van der Waals surface area contributed by atoms with E-state index in [0.29, 0.717) is 6.54 Å². The van der Waals surface area contributed by atoms with E-state index in [-0.39, 0.29) is 23.7 Å². The fourth-order valence-corrected chi connectivity index (χ4v) is 3.03. The van der Waals surface area contributed by atoms with Gasteiger partial charge in [0.15, 0.2) is 0 Å². The summed E-state index contributed by atoms with van der Waals surface area (Å²) in [6.45, 7) is 3.97. The van der Waals surface area contributed by atoms with E-state index in [0.717, 1.165) is 18.7 Å². The van der Waals surface area contributed by atoms with E-state index in [4.69, 9.17) is 0 Å². The molecule has 0 spiro atoms. The van der Waals surface area contributed by atoms with E-state index < -0.39 is 12.0 Å². The second kappa shape index (κ2) is 6.83. The minimum absolute atomic E-state index is 0.0877. The summed E-state index contributed by atoms with van der Waals surface area (Å²) in [5.41, 5.74) is 1.15. The van der Waals surface area contributed by atoms with E-state index >= 15 is 0 Å². The van der Waals surface area contributed by atoms with Gasteiger partial charge in [-0.2, -0.15) is 18.2 Å². The van der Waals surface area contributed by atoms with Crippen molar-refractivity contribution >= 4 is 11.9 Å². The summed E-state index contributed by atoms with van der Waals surface area (Å²) >= 11 is 0. The highest BCUT2D eigenvalue weighted by Crippen LogP contribution is 2.28. The molecular formula is C16H18F3N5O. The molecule has 2 aromatic rings. The third-order valence-electron chi connectivity index (χ3n) is 4.26. The molecule has 1 aliphatic rings. The number of rotatable bonds is 4. The fraction of sp³-hybridized carbons (Fsp3) is 0.438. The maximum Gasteiger partial charge on any atom is 0.451 e. The monoisotopic (exact) mass is 353 g/mol. The molecule has 1 aliphatic heterocycles. The Morgan fingerprint density at radius 2 is 2.04 bits per heavy atom. The summed E-state index contributed by atoms with van der Waals surface area (Å²) in [6.07, 6.45) is -4.62. The van der Waals surface area contributed by atoms with Crippen molar-refractivity contribution in [3.63, 3.8) is 0 Å². The Morgan fingerprint density at radius 3 is 2.68 bits per heavy atom. The first-order valence-corrected chi connectivity index (χ1v) is 7.89. The van der Waals surface area contributed by atoms with E-state index in [1.165, 1.54) is 0 Å². The van der Waals surface area contributed by atoms with Crippen molar-refractivity contribution in [3.05, 3.63) is 41.7 Å². The Morgan fingerprint density at radius 1 is 1.32 bits per heavy atom. The van der Waals surface area contributed by atoms with Gasteiger partial charge in [0.1, 0.15) is 0 Å². The molecule has 1 aromatic carbocycles. The highest BCUT2D eigenvalue weighted by Gasteiger charge is 2.37. The van der Waals surface area contributed by atoms with Crippen LogP contribution in [0.15, 0.2) is 30.3 Å². The first kappa shape index (κ1) is 17.4. The molecule has 9 heteroatoms. The average Bonchev–Trinajstić information content (AvgIpc) is 3.15. The number of likely N-dealkylation sites (tertiary alicyclic amines) is 1. The smallest absolute Gasteiger partial charge is 0.298 e. The number of anilines is 1. The van der Waals surface area contributed by atoms with Gasteiger partial charge in [0.05, 0.1) is 5.92 Å². The maximum atomic E-state index is 12.5. The molecule has 1 amide bonds. The summed E-state index contributed by atoms with van der Waals surface area (Å²) in [5, 5.41) is 7.56. The number of carbonyl (C=O) groups excluding carboxylic acids is 1. The van der Waals surface area contributed by atoms with Crippen molar-refractivity contribution in [2.75, 3.05) is 18.4 Å². The van der Waals surface area contributed by atoms with E-state index in [1.807, 2.05) is 37.3 Å². The number of aromatic amines is 1. The van der Waals surface area contributed by atoms with Crippen LogP contribution in [0.2, 0.25) is 0 Å². The Labute approximate surface area is 142 Å². The second-order valence-corrected chi connectivity index (χ2v) is 6.26. The van der Waals surface area contributed by atoms with E-state index in [9.17, 15) is 18.0 Å². The largest absolute Gasteiger partial charge is 0.451 e. The van der Waals surface area contributed by atoms with Crippen LogP contribution >= 0.6 is 0 Å². The van der Waals surface area contributed by atoms with Gasteiger partial charge >= 0.3 is 6.18 Å². The zero-order valence-corrected chi connectivity index (χ0v) is 13.5. The lowest BCUT2D eigenvalue weighted by atomic mass is 9.97. The lowest BCUT2D eigenvalue weighted by Crippen LogP contribution is -2.29. The van der Waals surface area contributed by atoms with Crippen molar-refractivity contribution in [3.8, 4) is 0 Å². The summed E-state index contributed by atoms with van der Waals surface area (Å²) in [5.74, 6) is -2.18. The van der Waals surface area contributed by atoms with Crippen molar-refractivity contribution in [2.45, 2.75) is 19.6 Å². The van der Waals surface area contributed by atoms with Crippen LogP contribution in [-0.2, 0) is 17.5 Å². The summed E-state index contributed by atoms with van der Waals surface area (Å²) in [4.78, 5) is 17.8. The zero-order valence-electron chi connectivity index (χ0n) is 13.5. The number of hydrogen-bond acceptors (Lipinski definition) is 4. The Bertz CT molecular complexity index is 731. The molecule has 3 rings (SSSR count). The highest BCUT2D eigenvalue weighted by molar-refractivity contribution is 5.91. The maximum absolute atomic E-state index is 12.5. The Kier molecular flexibility index (Phi) is 4.76. The third-order valence-corrected chi connectivity index (χ3v) is 4.26. The second-order valence-electron chi connectivity index (χ2n) is 6.26. The predicted octanol–water partition coefficient (Wildman–Crippen LogP) is 2.53. The summed E-state index contributed by atoms with van der Waals surface area (Å²) < 4.78 is 37.5. The number of nitrogens with zero attached hydrogens (tertiary/aromatic N) is 3. The van der Waals surface area contributed by atoms with Gasteiger partial charge in [-0.15, -0.1) is 5.10 Å². The number of nitrogens with one attached hydrogen (secondary N) is 2. The zero-order chi connectivity index (χ0) is 18.0. The molecule has 2 atom stereocenters. The van der Waals surface area contributed by atoms with Crippen LogP contribution < -0.4 is 5.32 Å². The van der Waals surface area contributed by atoms with Crippen molar-refractivity contribution in [1.82, 2.24) is 20.1 Å². The molecule has 0 radical (unpaired) electrons. The number of halogens is 3. The topological polar surface area (TPSA) is 73.9 Å². The third kappa shape index (κ3) is 4.16. The number of hydrogen-bond donors (Lipinski definition) is 2. The first-order valence-electron chi connectivity index (χ1n) is 7.89. The number of H-pyrrole nitrogens is 1. The Hall–Kier alpha value is -2.42. The first-order chi connectivity index (χ1) is 11.8. The molecule has 1 saturated heterocycles. The highest BCUT2D eigenvalue weighted by atomic mass is 19.4. The number of carbonyl (C=O) groups is 1. The fourth-order valence-electron chi connectivity index (χ4n) is 3.03. The van der Waals surface area contributed by atoms with Crippen LogP contribution in [0, 0.1) is 11.8 Å². The molecule has 6 nitrogen and oxygen atoms in total. The average molecular weight is 353 g/mol. The lowest BCUT2D eigenvalue weighted by molar-refractivity contribution is -0.144. The van der Waals surface area contributed by atoms with E-state index in [1.54, 1.807) is 5.10 Å². The SMILES string of the molecule is C[C@@H]1CN(Cc2ccccc2)C[C@H]1C(=O)Nc1n[nH]c(C(F)(F)F)n1. The van der Waals surface area contributed by atoms with Crippen LogP contribution in [0.1, 0.15) is 18.3 Å². The predicted molar refractivity (Wildman–Crippen MR) is 84.4 cm³/mol. The van der Waals surface area contributed by atoms with Crippen LogP contribution in [-0.4, -0.2) is 39.1 Å². The molecular weight excluding hydrogens is 335 g/mol. The van der Waals surface area contributed by atoms with Gasteiger partial charge in [-0.3, -0.25) is 20.1 Å². The molecule has 1 aromatic heterocycles. The molecule has 2 heterocycles. The minimum atomic E-state index is -4.62. The summed E-state index contributed by atoms with van der Waals surface area (Å²) in [6, 6.07) is 9.90. The van der Waals surface area contributed by atoms with Gasteiger partial charge in [-0.25, -0.2) is 0 Å². The van der Waals surface area contributed by atoms with Crippen molar-refractivity contribution in [1.29, 1.82) is 0 Å². The quantitative estimate of drug-likeness (QED) is 0.886. The van der Waals surface area contributed by atoms with Gasteiger partial charge in [0.2, 0.25) is 17.7 Å². The Balaban J connectivity index is 1.60. The normalized spacial score (nSPS) is 21.4. The van der Waals surface area contributed by atoms with Crippen LogP contribution in [0.3, 0.4) is 0 Å². The molecule has 0 bridgehead atoms. The molecule has 134 valence electrons. The molecule has 0 saturated carbocycles. The molecule has 2 N–H and O–H groups in total. The number of aromatic nitrogens is 3. The van der Waals surface area contributed by atoms with Gasteiger partial charge < -0.3 is 0 Å². The lowest BCUT2D eigenvalue weighted by Gasteiger charge is -2.15. The van der Waals surface area contributed by atoms with Gasteiger partial charge in [-0.1, -0.05) is 37.3 Å². The summed E-state index contributed by atoms with van der Waals surface area (Å²) in [7, 11) is 0. The minimum Gasteiger partial charge on any atom is -0.298 e. The van der Waals surface area contributed by atoms with Gasteiger partial charge in [0, 0.05) is 19.6 Å². The molecule has 0 unspecified atom stereocenters. The standard InChI is InChI=1S/C16H18F3N5O/c1-10-7-24(8-11-5-3-2-4-6-11)9-12(10)13(25)20-15-21-14(22-23-15)16(17,18)19/h2-6,10,12H,7-9H2,1H3,(H2,20,21,22,23,25)/t10-,12-/m1/s1. The number of alkyl halides is 3. The van der Waals surface area contributed by atoms with Crippen LogP contribution in [0.25, 0.3) is 0 Å². The molecule has 1 fully saturated rings. The van der Waals surface area contributed by atoms with Gasteiger partial charge in [-0.05, 0) is 11.5 Å². The number of amides is 1. The van der Waals surface area contributed by atoms with Crippen molar-refractivity contribution < 1.29 is 18.0 Å². The van der Waals surface area contributed by atoms with Gasteiger partial charge in [0.25, 0.3) is 0 Å². The molecule has 0 aliphatic carbocycles.